The quantitative estimate of drug-likeness (QED) is 0.579. The van der Waals surface area contributed by atoms with Crippen LogP contribution in [0.25, 0.3) is 0 Å². The zero-order chi connectivity index (χ0) is 21.2. The maximum Gasteiger partial charge on any atom is 0.308 e. The number of carbonyl (C=O) groups excluding carboxylic acids is 1. The molecule has 3 aliphatic rings. The number of hydrogen-bond acceptors (Lipinski definition) is 5. The minimum atomic E-state index is -1.20. The topological polar surface area (TPSA) is 76.0 Å². The molecule has 4 atom stereocenters. The Bertz CT molecular complexity index is 823. The average Bonchev–Trinajstić information content (AvgIpc) is 3.31. The molecule has 160 valence electrons. The van der Waals surface area contributed by atoms with Crippen molar-refractivity contribution >= 4 is 5.97 Å². The van der Waals surface area contributed by atoms with Gasteiger partial charge in [0.25, 0.3) is 0 Å². The van der Waals surface area contributed by atoms with E-state index >= 15 is 0 Å². The molecule has 0 amide bonds. The van der Waals surface area contributed by atoms with E-state index in [1.54, 1.807) is 19.9 Å². The maximum absolute atomic E-state index is 11.6. The van der Waals surface area contributed by atoms with E-state index in [1.807, 2.05) is 6.07 Å². The van der Waals surface area contributed by atoms with Crippen molar-refractivity contribution in [2.45, 2.75) is 90.4 Å². The lowest BCUT2D eigenvalue weighted by Gasteiger charge is -2.39. The molecule has 29 heavy (non-hydrogen) atoms. The van der Waals surface area contributed by atoms with Gasteiger partial charge in [-0.1, -0.05) is 19.9 Å². The van der Waals surface area contributed by atoms with Crippen LogP contribution in [0.4, 0.5) is 0 Å². The van der Waals surface area contributed by atoms with Gasteiger partial charge >= 0.3 is 5.97 Å². The van der Waals surface area contributed by atoms with E-state index in [4.69, 9.17) is 9.47 Å². The molecule has 5 heteroatoms. The van der Waals surface area contributed by atoms with Crippen molar-refractivity contribution in [1.29, 1.82) is 0 Å². The zero-order valence-electron chi connectivity index (χ0n) is 18.2. The molecule has 2 fully saturated rings. The zero-order valence-corrected chi connectivity index (χ0v) is 18.2. The first-order valence-corrected chi connectivity index (χ1v) is 10.9. The summed E-state index contributed by atoms with van der Waals surface area (Å²) in [5, 5.41) is 20.7. The first-order valence-electron chi connectivity index (χ1n) is 10.9. The Morgan fingerprint density at radius 2 is 2.03 bits per heavy atom. The van der Waals surface area contributed by atoms with Crippen LogP contribution >= 0.6 is 0 Å². The summed E-state index contributed by atoms with van der Waals surface area (Å²) in [6, 6.07) is 3.65. The second-order valence-corrected chi connectivity index (χ2v) is 10.3. The number of rotatable bonds is 5. The van der Waals surface area contributed by atoms with Crippen LogP contribution in [0.5, 0.6) is 11.5 Å². The molecule has 0 saturated heterocycles. The summed E-state index contributed by atoms with van der Waals surface area (Å²) in [4.78, 5) is 11.6. The summed E-state index contributed by atoms with van der Waals surface area (Å²) >= 11 is 0. The molecule has 0 bridgehead atoms. The second-order valence-electron chi connectivity index (χ2n) is 10.3. The first-order chi connectivity index (χ1) is 13.5. The summed E-state index contributed by atoms with van der Waals surface area (Å²) in [5.74, 6) is 2.18. The van der Waals surface area contributed by atoms with Crippen LogP contribution in [-0.4, -0.2) is 33.5 Å². The van der Waals surface area contributed by atoms with Crippen LogP contribution in [0.15, 0.2) is 12.1 Å². The molecule has 5 nitrogen and oxygen atoms in total. The molecule has 0 radical (unpaired) electrons. The number of ether oxygens (including phenoxy) is 2. The van der Waals surface area contributed by atoms with E-state index in [9.17, 15) is 15.0 Å². The monoisotopic (exact) mass is 402 g/mol. The van der Waals surface area contributed by atoms with Crippen molar-refractivity contribution in [2.24, 2.45) is 17.3 Å². The molecule has 2 saturated carbocycles. The van der Waals surface area contributed by atoms with E-state index in [0.29, 0.717) is 29.4 Å². The highest BCUT2D eigenvalue weighted by Gasteiger charge is 2.70. The van der Waals surface area contributed by atoms with Crippen molar-refractivity contribution in [2.75, 3.05) is 0 Å². The Labute approximate surface area is 173 Å². The Balaban J connectivity index is 1.69. The van der Waals surface area contributed by atoms with Gasteiger partial charge in [0.05, 0.1) is 11.7 Å². The summed E-state index contributed by atoms with van der Waals surface area (Å²) < 4.78 is 12.2. The number of carbonyl (C=O) groups is 1. The van der Waals surface area contributed by atoms with Gasteiger partial charge in [-0.15, -0.1) is 0 Å². The fourth-order valence-electron chi connectivity index (χ4n) is 5.76. The highest BCUT2D eigenvalue weighted by Crippen LogP contribution is 2.73. The van der Waals surface area contributed by atoms with Gasteiger partial charge in [0, 0.05) is 24.8 Å². The normalized spacial score (nSPS) is 31.2. The van der Waals surface area contributed by atoms with E-state index < -0.39 is 11.7 Å². The predicted molar refractivity (Wildman–Crippen MR) is 110 cm³/mol. The smallest absolute Gasteiger partial charge is 0.308 e. The Morgan fingerprint density at radius 3 is 2.59 bits per heavy atom. The Hall–Kier alpha value is -1.59. The van der Waals surface area contributed by atoms with E-state index in [2.05, 4.69) is 13.8 Å². The minimum Gasteiger partial charge on any atom is -0.486 e. The molecule has 1 aromatic carbocycles. The number of fused-ring (bicyclic) bond motifs is 3. The lowest BCUT2D eigenvalue weighted by Crippen LogP contribution is -2.41. The molecule has 0 unspecified atom stereocenters. The number of esters is 1. The summed E-state index contributed by atoms with van der Waals surface area (Å²) in [5.41, 5.74) is 0.837. The standard InChI is InChI=1S/C24H34O5/c1-14(2)23-10-11-24(19(23)13-23)9-8-17-18(28-15(3)25)7-6-16(21(17)29-24)12-20(26)22(4,5)27/h6-7,14,19-20,26-27H,8-13H2,1-5H3/t19-,20-,23+,24-/m1/s1. The molecule has 4 rings (SSSR count). The van der Waals surface area contributed by atoms with Crippen molar-refractivity contribution in [1.82, 2.24) is 0 Å². The summed E-state index contributed by atoms with van der Waals surface area (Å²) in [6.45, 7) is 9.26. The molecule has 0 aromatic heterocycles. The maximum atomic E-state index is 11.6. The minimum absolute atomic E-state index is 0.152. The molecule has 1 aliphatic heterocycles. The third kappa shape index (κ3) is 3.36. The van der Waals surface area contributed by atoms with Crippen LogP contribution in [0.1, 0.15) is 71.4 Å². The highest BCUT2D eigenvalue weighted by molar-refractivity contribution is 5.70. The number of aliphatic hydroxyl groups is 2. The highest BCUT2D eigenvalue weighted by atomic mass is 16.5. The SMILES string of the molecule is CC(=O)Oc1ccc(C[C@@H](O)C(C)(C)O)c2c1CC[C@]1(CC[C@@]3(C(C)C)C[C@@H]13)O2. The Kier molecular flexibility index (Phi) is 4.78. The number of hydrogen-bond donors (Lipinski definition) is 2. The first kappa shape index (κ1) is 20.7. The van der Waals surface area contributed by atoms with Gasteiger partial charge in [0.1, 0.15) is 17.1 Å². The van der Waals surface area contributed by atoms with E-state index in [-0.39, 0.29) is 11.6 Å². The van der Waals surface area contributed by atoms with E-state index in [0.717, 1.165) is 36.1 Å². The van der Waals surface area contributed by atoms with Crippen LogP contribution in [0.3, 0.4) is 0 Å². The lowest BCUT2D eigenvalue weighted by molar-refractivity contribution is -0.131. The van der Waals surface area contributed by atoms with Crippen LogP contribution in [0.2, 0.25) is 0 Å². The third-order valence-corrected chi connectivity index (χ3v) is 7.80. The van der Waals surface area contributed by atoms with Gasteiger partial charge in [-0.3, -0.25) is 4.79 Å². The largest absolute Gasteiger partial charge is 0.486 e. The molecule has 1 heterocycles. The van der Waals surface area contributed by atoms with Crippen molar-refractivity contribution < 1.29 is 24.5 Å². The van der Waals surface area contributed by atoms with Crippen LogP contribution in [-0.2, 0) is 17.6 Å². The molecule has 2 N–H and O–H groups in total. The second kappa shape index (κ2) is 6.71. The molecule has 2 aliphatic carbocycles. The summed E-state index contributed by atoms with van der Waals surface area (Å²) in [6.07, 6.45) is 4.61. The third-order valence-electron chi connectivity index (χ3n) is 7.80. The molecular formula is C24H34O5. The van der Waals surface area contributed by atoms with Crippen molar-refractivity contribution in [3.63, 3.8) is 0 Å². The van der Waals surface area contributed by atoms with Gasteiger partial charge < -0.3 is 19.7 Å². The number of aliphatic hydroxyl groups excluding tert-OH is 1. The van der Waals surface area contributed by atoms with Gasteiger partial charge in [-0.05, 0) is 68.9 Å². The average molecular weight is 403 g/mol. The van der Waals surface area contributed by atoms with Gasteiger partial charge in [-0.25, -0.2) is 0 Å². The van der Waals surface area contributed by atoms with Crippen LogP contribution in [0, 0.1) is 17.3 Å². The molecule has 1 aromatic rings. The van der Waals surface area contributed by atoms with E-state index in [1.165, 1.54) is 19.8 Å². The lowest BCUT2D eigenvalue weighted by atomic mass is 9.84. The van der Waals surface area contributed by atoms with Gasteiger partial charge in [-0.2, -0.15) is 0 Å². The van der Waals surface area contributed by atoms with Crippen molar-refractivity contribution in [3.05, 3.63) is 23.3 Å². The fraction of sp³-hybridized carbons (Fsp3) is 0.708. The predicted octanol–water partition coefficient (Wildman–Crippen LogP) is 3.81. The number of benzene rings is 1. The molecule has 1 spiro atoms. The van der Waals surface area contributed by atoms with Crippen LogP contribution < -0.4 is 9.47 Å². The van der Waals surface area contributed by atoms with Gasteiger partial charge in [0.15, 0.2) is 0 Å². The summed E-state index contributed by atoms with van der Waals surface area (Å²) in [7, 11) is 0. The molecular weight excluding hydrogens is 368 g/mol. The Morgan fingerprint density at radius 1 is 1.31 bits per heavy atom. The van der Waals surface area contributed by atoms with Gasteiger partial charge in [0.2, 0.25) is 0 Å². The van der Waals surface area contributed by atoms with Crippen molar-refractivity contribution in [3.8, 4) is 11.5 Å². The fourth-order valence-corrected chi connectivity index (χ4v) is 5.76.